The van der Waals surface area contributed by atoms with Crippen LogP contribution in [0, 0.1) is 11.8 Å². The molecule has 0 aliphatic rings. The van der Waals surface area contributed by atoms with Crippen molar-refractivity contribution in [3.8, 4) is 0 Å². The monoisotopic (exact) mass is 209 g/mol. The van der Waals surface area contributed by atoms with Crippen LogP contribution < -0.4 is 5.32 Å². The molecule has 0 spiro atoms. The highest BCUT2D eigenvalue weighted by molar-refractivity contribution is 5.73. The Morgan fingerprint density at radius 2 is 1.80 bits per heavy atom. The maximum Gasteiger partial charge on any atom is 0.217 e. The lowest BCUT2D eigenvalue weighted by Crippen LogP contribution is -2.22. The van der Waals surface area contributed by atoms with Crippen molar-refractivity contribution in [3.05, 3.63) is 23.8 Å². The second-order valence-corrected chi connectivity index (χ2v) is 4.50. The van der Waals surface area contributed by atoms with Gasteiger partial charge in [0.1, 0.15) is 0 Å². The number of nitrogens with one attached hydrogen (secondary N) is 1. The smallest absolute Gasteiger partial charge is 0.217 e. The number of hydrogen-bond donors (Lipinski definition) is 1. The van der Waals surface area contributed by atoms with E-state index in [2.05, 4.69) is 51.2 Å². The minimum atomic E-state index is 0.0163. The molecule has 15 heavy (non-hydrogen) atoms. The molecule has 0 rings (SSSR count). The maximum atomic E-state index is 10.8. The zero-order chi connectivity index (χ0) is 11.8. The summed E-state index contributed by atoms with van der Waals surface area (Å²) in [5.41, 5.74) is 1.17. The van der Waals surface area contributed by atoms with Gasteiger partial charge in [-0.15, -0.1) is 0 Å². The third kappa shape index (κ3) is 9.26. The Morgan fingerprint density at radius 1 is 1.20 bits per heavy atom. The lowest BCUT2D eigenvalue weighted by molar-refractivity contribution is -0.118. The van der Waals surface area contributed by atoms with Gasteiger partial charge >= 0.3 is 0 Å². The molecule has 0 aromatic heterocycles. The largest absolute Gasteiger partial charge is 0.352 e. The van der Waals surface area contributed by atoms with Crippen LogP contribution in [0.5, 0.6) is 0 Å². The van der Waals surface area contributed by atoms with Crippen LogP contribution in [0.3, 0.4) is 0 Å². The molecule has 0 aromatic carbocycles. The van der Waals surface area contributed by atoms with Gasteiger partial charge < -0.3 is 5.32 Å². The van der Waals surface area contributed by atoms with E-state index in [1.165, 1.54) is 5.57 Å². The zero-order valence-electron chi connectivity index (χ0n) is 10.5. The average molecular weight is 209 g/mol. The maximum absolute atomic E-state index is 10.8. The molecular weight excluding hydrogens is 186 g/mol. The fourth-order valence-electron chi connectivity index (χ4n) is 1.14. The van der Waals surface area contributed by atoms with Crippen LogP contribution >= 0.6 is 0 Å². The zero-order valence-corrected chi connectivity index (χ0v) is 10.5. The number of hydrogen-bond acceptors (Lipinski definition) is 1. The molecule has 0 aliphatic carbocycles. The Labute approximate surface area is 93.5 Å². The average Bonchev–Trinajstić information content (AvgIpc) is 2.08. The Morgan fingerprint density at radius 3 is 2.20 bits per heavy atom. The molecule has 0 saturated heterocycles. The van der Waals surface area contributed by atoms with Crippen molar-refractivity contribution < 1.29 is 4.79 Å². The Bertz CT molecular complexity index is 249. The van der Waals surface area contributed by atoms with Crippen LogP contribution in [0.1, 0.15) is 34.6 Å². The first-order valence-electron chi connectivity index (χ1n) is 5.55. The fraction of sp³-hybridized carbons (Fsp3) is 0.615. The van der Waals surface area contributed by atoms with Crippen molar-refractivity contribution in [2.75, 3.05) is 6.54 Å². The molecule has 0 saturated carbocycles. The number of allylic oxidation sites excluding steroid dienone is 2. The minimum Gasteiger partial charge on any atom is -0.352 e. The lowest BCUT2D eigenvalue weighted by atomic mass is 10.1. The SMILES string of the molecule is CC(=O)NCC(/C=C\C(C)C)=C/C(C)C. The van der Waals surface area contributed by atoms with E-state index >= 15 is 0 Å². The Balaban J connectivity index is 4.38. The molecule has 0 heterocycles. The topological polar surface area (TPSA) is 29.1 Å². The number of rotatable bonds is 5. The molecule has 0 aromatic rings. The molecule has 0 aliphatic heterocycles. The van der Waals surface area contributed by atoms with E-state index in [1.807, 2.05) is 0 Å². The van der Waals surface area contributed by atoms with E-state index < -0.39 is 0 Å². The van der Waals surface area contributed by atoms with Crippen LogP contribution in [0.25, 0.3) is 0 Å². The summed E-state index contributed by atoms with van der Waals surface area (Å²) < 4.78 is 0. The van der Waals surface area contributed by atoms with Crippen LogP contribution in [-0.4, -0.2) is 12.5 Å². The third-order valence-corrected chi connectivity index (χ3v) is 1.78. The van der Waals surface area contributed by atoms with Gasteiger partial charge in [-0.1, -0.05) is 45.9 Å². The van der Waals surface area contributed by atoms with E-state index in [0.29, 0.717) is 18.4 Å². The molecule has 86 valence electrons. The summed E-state index contributed by atoms with van der Waals surface area (Å²) in [5.74, 6) is 1.06. The molecule has 0 fully saturated rings. The summed E-state index contributed by atoms with van der Waals surface area (Å²) >= 11 is 0. The van der Waals surface area contributed by atoms with E-state index in [9.17, 15) is 4.79 Å². The van der Waals surface area contributed by atoms with Gasteiger partial charge in [0.25, 0.3) is 0 Å². The predicted octanol–water partition coefficient (Wildman–Crippen LogP) is 2.92. The highest BCUT2D eigenvalue weighted by Gasteiger charge is 1.97. The predicted molar refractivity (Wildman–Crippen MR) is 65.6 cm³/mol. The van der Waals surface area contributed by atoms with Crippen LogP contribution in [0.4, 0.5) is 0 Å². The van der Waals surface area contributed by atoms with E-state index in [1.54, 1.807) is 6.92 Å². The van der Waals surface area contributed by atoms with Gasteiger partial charge in [-0.2, -0.15) is 0 Å². The van der Waals surface area contributed by atoms with Crippen LogP contribution in [0.15, 0.2) is 23.8 Å². The van der Waals surface area contributed by atoms with Gasteiger partial charge in [-0.25, -0.2) is 0 Å². The van der Waals surface area contributed by atoms with Gasteiger partial charge in [-0.05, 0) is 17.4 Å². The molecule has 0 unspecified atom stereocenters. The Hall–Kier alpha value is -1.05. The Kier molecular flexibility index (Phi) is 6.76. The van der Waals surface area contributed by atoms with Crippen molar-refractivity contribution in [1.29, 1.82) is 0 Å². The van der Waals surface area contributed by atoms with Gasteiger partial charge in [0.05, 0.1) is 0 Å². The van der Waals surface area contributed by atoms with E-state index in [0.717, 1.165) is 0 Å². The highest BCUT2D eigenvalue weighted by atomic mass is 16.1. The molecule has 0 radical (unpaired) electrons. The molecule has 1 amide bonds. The second kappa shape index (κ2) is 7.27. The van der Waals surface area contributed by atoms with Gasteiger partial charge in [-0.3, -0.25) is 4.79 Å². The van der Waals surface area contributed by atoms with Crippen molar-refractivity contribution >= 4 is 5.91 Å². The molecule has 2 heteroatoms. The van der Waals surface area contributed by atoms with Crippen molar-refractivity contribution in [2.24, 2.45) is 11.8 Å². The highest BCUT2D eigenvalue weighted by Crippen LogP contribution is 2.05. The molecular formula is C13H23NO. The number of carbonyl (C=O) groups excluding carboxylic acids is 1. The number of carbonyl (C=O) groups is 1. The first kappa shape index (κ1) is 13.9. The molecule has 0 atom stereocenters. The minimum absolute atomic E-state index is 0.0163. The van der Waals surface area contributed by atoms with Crippen LogP contribution in [0.2, 0.25) is 0 Å². The summed E-state index contributed by atoms with van der Waals surface area (Å²) in [5, 5.41) is 2.82. The van der Waals surface area contributed by atoms with Crippen LogP contribution in [-0.2, 0) is 4.79 Å². The normalized spacial score (nSPS) is 12.9. The van der Waals surface area contributed by atoms with Crippen molar-refractivity contribution in [3.63, 3.8) is 0 Å². The standard InChI is InChI=1S/C13H23NO/c1-10(2)6-7-13(8-11(3)4)9-14-12(5)15/h6-8,10-11H,9H2,1-5H3,(H,14,15)/b7-6-,13-8+. The molecule has 1 N–H and O–H groups in total. The second-order valence-electron chi connectivity index (χ2n) is 4.50. The quantitative estimate of drug-likeness (QED) is 0.693. The summed E-state index contributed by atoms with van der Waals surface area (Å²) in [7, 11) is 0. The summed E-state index contributed by atoms with van der Waals surface area (Å²) in [6.07, 6.45) is 6.42. The summed E-state index contributed by atoms with van der Waals surface area (Å²) in [6, 6.07) is 0. The van der Waals surface area contributed by atoms with E-state index in [4.69, 9.17) is 0 Å². The third-order valence-electron chi connectivity index (χ3n) is 1.78. The fourth-order valence-corrected chi connectivity index (χ4v) is 1.14. The summed E-state index contributed by atoms with van der Waals surface area (Å²) in [6.45, 7) is 10.7. The van der Waals surface area contributed by atoms with E-state index in [-0.39, 0.29) is 5.91 Å². The van der Waals surface area contributed by atoms with Crippen molar-refractivity contribution in [1.82, 2.24) is 5.32 Å². The van der Waals surface area contributed by atoms with Gasteiger partial charge in [0.2, 0.25) is 5.91 Å². The first-order chi connectivity index (χ1) is 6.91. The first-order valence-corrected chi connectivity index (χ1v) is 5.55. The number of amides is 1. The van der Waals surface area contributed by atoms with Crippen molar-refractivity contribution in [2.45, 2.75) is 34.6 Å². The molecule has 2 nitrogen and oxygen atoms in total. The summed E-state index contributed by atoms with van der Waals surface area (Å²) in [4.78, 5) is 10.8. The van der Waals surface area contributed by atoms with Gasteiger partial charge in [0.15, 0.2) is 0 Å². The molecule has 0 bridgehead atoms. The van der Waals surface area contributed by atoms with Gasteiger partial charge in [0, 0.05) is 13.5 Å². The lowest BCUT2D eigenvalue weighted by Gasteiger charge is -2.06.